The first-order valence-electron chi connectivity index (χ1n) is 10.9. The van der Waals surface area contributed by atoms with E-state index in [0.717, 1.165) is 50.3 Å². The normalized spacial score (nSPS) is 16.1. The molecule has 31 heavy (non-hydrogen) atoms. The molecule has 1 aliphatic rings. The summed E-state index contributed by atoms with van der Waals surface area (Å²) < 4.78 is 27.1. The van der Waals surface area contributed by atoms with Gasteiger partial charge in [0.1, 0.15) is 11.6 Å². The van der Waals surface area contributed by atoms with Crippen LogP contribution in [0.3, 0.4) is 0 Å². The summed E-state index contributed by atoms with van der Waals surface area (Å²) >= 11 is 0. The minimum absolute atomic E-state index is 0.0130. The summed E-state index contributed by atoms with van der Waals surface area (Å²) in [5, 5.41) is 0. The maximum absolute atomic E-state index is 13.5. The van der Waals surface area contributed by atoms with Gasteiger partial charge in [-0.25, -0.2) is 8.78 Å². The smallest absolute Gasteiger partial charge is 0.123 e. The first-order valence-corrected chi connectivity index (χ1v) is 10.9. The van der Waals surface area contributed by atoms with Crippen molar-refractivity contribution in [1.82, 2.24) is 9.80 Å². The van der Waals surface area contributed by atoms with Gasteiger partial charge in [0.15, 0.2) is 0 Å². The van der Waals surface area contributed by atoms with E-state index in [1.807, 2.05) is 30.3 Å². The monoisotopic (exact) mass is 418 g/mol. The zero-order chi connectivity index (χ0) is 21.5. The van der Waals surface area contributed by atoms with Gasteiger partial charge in [-0.1, -0.05) is 66.7 Å². The van der Waals surface area contributed by atoms with E-state index in [-0.39, 0.29) is 17.7 Å². The van der Waals surface area contributed by atoms with Gasteiger partial charge < -0.3 is 0 Å². The summed E-state index contributed by atoms with van der Waals surface area (Å²) in [6.45, 7) is 4.75. The molecular formula is C27H28F2N2. The Kier molecular flexibility index (Phi) is 7.23. The van der Waals surface area contributed by atoms with Crippen LogP contribution >= 0.6 is 0 Å². The number of hydrogen-bond donors (Lipinski definition) is 0. The highest BCUT2D eigenvalue weighted by molar-refractivity contribution is 5.48. The van der Waals surface area contributed by atoms with Gasteiger partial charge >= 0.3 is 0 Å². The fourth-order valence-corrected chi connectivity index (χ4v) is 4.24. The Hall–Kier alpha value is -2.82. The predicted molar refractivity (Wildman–Crippen MR) is 123 cm³/mol. The second-order valence-corrected chi connectivity index (χ2v) is 8.01. The summed E-state index contributed by atoms with van der Waals surface area (Å²) in [6, 6.07) is 23.7. The first kappa shape index (κ1) is 21.4. The molecule has 1 saturated heterocycles. The maximum atomic E-state index is 13.5. The van der Waals surface area contributed by atoms with Crippen molar-refractivity contribution in [2.24, 2.45) is 0 Å². The van der Waals surface area contributed by atoms with Gasteiger partial charge in [0.05, 0.1) is 6.04 Å². The molecule has 0 aromatic heterocycles. The fraction of sp³-hybridized carbons (Fsp3) is 0.259. The van der Waals surface area contributed by atoms with Gasteiger partial charge in [-0.15, -0.1) is 0 Å². The van der Waals surface area contributed by atoms with Crippen LogP contribution < -0.4 is 0 Å². The average molecular weight is 419 g/mol. The molecule has 0 radical (unpaired) electrons. The van der Waals surface area contributed by atoms with E-state index in [2.05, 4.69) is 46.2 Å². The molecule has 2 nitrogen and oxygen atoms in total. The maximum Gasteiger partial charge on any atom is 0.123 e. The van der Waals surface area contributed by atoms with Crippen molar-refractivity contribution in [2.45, 2.75) is 12.5 Å². The van der Waals surface area contributed by atoms with Gasteiger partial charge in [-0.3, -0.25) is 9.80 Å². The Morgan fingerprint density at radius 3 is 1.94 bits per heavy atom. The van der Waals surface area contributed by atoms with Gasteiger partial charge in [0.2, 0.25) is 0 Å². The molecule has 4 rings (SSSR count). The molecule has 0 saturated carbocycles. The Bertz CT molecular complexity index is 923. The zero-order valence-corrected chi connectivity index (χ0v) is 17.6. The summed E-state index contributed by atoms with van der Waals surface area (Å²) in [6.07, 6.45) is 5.45. The van der Waals surface area contributed by atoms with Crippen molar-refractivity contribution in [1.29, 1.82) is 0 Å². The standard InChI is InChI=1S/C27H28F2N2/c28-25-13-9-23(10-14-25)27(24-11-15-26(29)16-12-24)31-19-5-18-30(20-21-31)17-4-8-22-6-2-1-3-7-22/h1-4,6-16,27H,5,17-21H2/b8-4+. The third-order valence-corrected chi connectivity index (χ3v) is 5.83. The predicted octanol–water partition coefficient (Wildman–Crippen LogP) is 5.78. The SMILES string of the molecule is Fc1ccc(C(c2ccc(F)cc2)N2CCCN(C/C=C/c3ccccc3)CC2)cc1. The molecule has 3 aromatic rings. The second kappa shape index (κ2) is 10.5. The second-order valence-electron chi connectivity index (χ2n) is 8.01. The molecule has 1 aliphatic heterocycles. The number of hydrogen-bond acceptors (Lipinski definition) is 2. The molecule has 1 heterocycles. The van der Waals surface area contributed by atoms with Crippen molar-refractivity contribution in [3.8, 4) is 0 Å². The first-order chi connectivity index (χ1) is 15.2. The third-order valence-electron chi connectivity index (χ3n) is 5.83. The number of halogens is 2. The minimum Gasteiger partial charge on any atom is -0.298 e. The minimum atomic E-state index is -0.242. The van der Waals surface area contributed by atoms with E-state index in [9.17, 15) is 8.78 Å². The van der Waals surface area contributed by atoms with E-state index in [0.29, 0.717) is 0 Å². The average Bonchev–Trinajstić information content (AvgIpc) is 3.03. The molecule has 4 heteroatoms. The topological polar surface area (TPSA) is 6.48 Å². The number of rotatable bonds is 6. The summed E-state index contributed by atoms with van der Waals surface area (Å²) in [4.78, 5) is 4.90. The number of nitrogens with zero attached hydrogens (tertiary/aromatic N) is 2. The molecule has 0 spiro atoms. The van der Waals surface area contributed by atoms with Crippen molar-refractivity contribution in [3.05, 3.63) is 113 Å². The van der Waals surface area contributed by atoms with Gasteiger partial charge in [0.25, 0.3) is 0 Å². The molecule has 0 atom stereocenters. The van der Waals surface area contributed by atoms with Crippen molar-refractivity contribution in [3.63, 3.8) is 0 Å². The number of benzene rings is 3. The van der Waals surface area contributed by atoms with E-state index in [1.54, 1.807) is 0 Å². The van der Waals surface area contributed by atoms with Crippen LogP contribution in [-0.4, -0.2) is 42.5 Å². The van der Waals surface area contributed by atoms with Crippen molar-refractivity contribution in [2.75, 3.05) is 32.7 Å². The Morgan fingerprint density at radius 2 is 1.32 bits per heavy atom. The molecule has 1 fully saturated rings. The van der Waals surface area contributed by atoms with Crippen LogP contribution in [0, 0.1) is 11.6 Å². The molecule has 0 aliphatic carbocycles. The largest absolute Gasteiger partial charge is 0.298 e. The Balaban J connectivity index is 1.47. The van der Waals surface area contributed by atoms with Gasteiger partial charge in [0, 0.05) is 26.2 Å². The molecule has 0 bridgehead atoms. The lowest BCUT2D eigenvalue weighted by molar-refractivity contribution is 0.228. The lowest BCUT2D eigenvalue weighted by atomic mass is 9.96. The van der Waals surface area contributed by atoms with Crippen LogP contribution in [0.25, 0.3) is 6.08 Å². The highest BCUT2D eigenvalue weighted by atomic mass is 19.1. The van der Waals surface area contributed by atoms with Crippen molar-refractivity contribution < 1.29 is 8.78 Å². The lowest BCUT2D eigenvalue weighted by Gasteiger charge is -2.31. The van der Waals surface area contributed by atoms with E-state index in [4.69, 9.17) is 0 Å². The molecule has 0 N–H and O–H groups in total. The molecule has 0 amide bonds. The quantitative estimate of drug-likeness (QED) is 0.501. The third kappa shape index (κ3) is 5.87. The molecule has 3 aromatic carbocycles. The summed E-state index contributed by atoms with van der Waals surface area (Å²) in [5.41, 5.74) is 3.28. The summed E-state index contributed by atoms with van der Waals surface area (Å²) in [5.74, 6) is -0.484. The van der Waals surface area contributed by atoms with Crippen LogP contribution in [0.5, 0.6) is 0 Å². The molecule has 0 unspecified atom stereocenters. The van der Waals surface area contributed by atoms with Crippen LogP contribution in [0.1, 0.15) is 29.2 Å². The van der Waals surface area contributed by atoms with Gasteiger partial charge in [-0.2, -0.15) is 0 Å². The van der Waals surface area contributed by atoms with Crippen LogP contribution in [-0.2, 0) is 0 Å². The Labute approximate surface area is 183 Å². The molecule has 160 valence electrons. The van der Waals surface area contributed by atoms with E-state index >= 15 is 0 Å². The fourth-order valence-electron chi connectivity index (χ4n) is 4.24. The lowest BCUT2D eigenvalue weighted by Crippen LogP contribution is -2.34. The van der Waals surface area contributed by atoms with Crippen molar-refractivity contribution >= 4 is 6.08 Å². The molecular weight excluding hydrogens is 390 g/mol. The van der Waals surface area contributed by atoms with E-state index < -0.39 is 0 Å². The van der Waals surface area contributed by atoms with Crippen LogP contribution in [0.15, 0.2) is 84.9 Å². The highest BCUT2D eigenvalue weighted by Crippen LogP contribution is 2.30. The Morgan fingerprint density at radius 1 is 0.710 bits per heavy atom. The summed E-state index contributed by atoms with van der Waals surface area (Å²) in [7, 11) is 0. The van der Waals surface area contributed by atoms with Crippen LogP contribution in [0.2, 0.25) is 0 Å². The van der Waals surface area contributed by atoms with Gasteiger partial charge in [-0.05, 0) is 53.9 Å². The van der Waals surface area contributed by atoms with Crippen LogP contribution in [0.4, 0.5) is 8.78 Å². The van der Waals surface area contributed by atoms with E-state index in [1.165, 1.54) is 29.8 Å². The zero-order valence-electron chi connectivity index (χ0n) is 17.6. The highest BCUT2D eigenvalue weighted by Gasteiger charge is 2.25.